The molecule has 2 saturated heterocycles. The molecule has 76 valence electrons. The van der Waals surface area contributed by atoms with Gasteiger partial charge in [-0.1, -0.05) is 20.8 Å². The van der Waals surface area contributed by atoms with Crippen LogP contribution >= 0.6 is 0 Å². The standard InChI is InChI=1S/C10H21N3/c1-10(2,3)8-4-5-13-9(6-8)7-11-12-13/h8-9,11-12H,4-7H2,1-3H3. The highest BCUT2D eigenvalue weighted by Gasteiger charge is 2.36. The van der Waals surface area contributed by atoms with E-state index in [9.17, 15) is 0 Å². The van der Waals surface area contributed by atoms with E-state index in [0.717, 1.165) is 18.5 Å². The monoisotopic (exact) mass is 183 g/mol. The maximum atomic E-state index is 3.21. The SMILES string of the molecule is CC(C)(C)C1CCN2NNCC2C1. The predicted molar refractivity (Wildman–Crippen MR) is 53.8 cm³/mol. The molecule has 2 aliphatic rings. The highest BCUT2D eigenvalue weighted by Crippen LogP contribution is 2.36. The van der Waals surface area contributed by atoms with E-state index in [4.69, 9.17) is 0 Å². The van der Waals surface area contributed by atoms with Gasteiger partial charge in [-0.15, -0.1) is 0 Å². The quantitative estimate of drug-likeness (QED) is 0.589. The van der Waals surface area contributed by atoms with Gasteiger partial charge in [-0.25, -0.2) is 10.4 Å². The molecule has 2 heterocycles. The average Bonchev–Trinajstić information content (AvgIpc) is 2.47. The number of hydrazine groups is 2. The maximum absolute atomic E-state index is 3.21. The van der Waals surface area contributed by atoms with Gasteiger partial charge in [0.1, 0.15) is 0 Å². The Kier molecular flexibility index (Phi) is 2.34. The van der Waals surface area contributed by atoms with E-state index in [1.54, 1.807) is 0 Å². The number of hydrogen-bond acceptors (Lipinski definition) is 3. The first-order valence-electron chi connectivity index (χ1n) is 5.32. The molecule has 2 aliphatic heterocycles. The van der Waals surface area contributed by atoms with Crippen molar-refractivity contribution in [1.29, 1.82) is 0 Å². The smallest absolute Gasteiger partial charge is 0.0398 e. The number of nitrogens with one attached hydrogen (secondary N) is 2. The molecule has 13 heavy (non-hydrogen) atoms. The van der Waals surface area contributed by atoms with Crippen LogP contribution < -0.4 is 11.0 Å². The zero-order valence-electron chi connectivity index (χ0n) is 8.93. The second kappa shape index (κ2) is 3.23. The first-order chi connectivity index (χ1) is 6.07. The Morgan fingerprint density at radius 1 is 1.31 bits per heavy atom. The summed E-state index contributed by atoms with van der Waals surface area (Å²) in [6.45, 7) is 9.39. The molecule has 0 aromatic heterocycles. The molecule has 0 aromatic rings. The van der Waals surface area contributed by atoms with Crippen LogP contribution in [0.25, 0.3) is 0 Å². The summed E-state index contributed by atoms with van der Waals surface area (Å²) in [5, 5.41) is 2.35. The van der Waals surface area contributed by atoms with Gasteiger partial charge in [-0.2, -0.15) is 5.53 Å². The topological polar surface area (TPSA) is 27.3 Å². The third-order valence-corrected chi connectivity index (χ3v) is 3.50. The Labute approximate surface area is 80.8 Å². The van der Waals surface area contributed by atoms with Gasteiger partial charge in [0.05, 0.1) is 0 Å². The summed E-state index contributed by atoms with van der Waals surface area (Å²) in [4.78, 5) is 0. The zero-order valence-corrected chi connectivity index (χ0v) is 8.93. The second-order valence-electron chi connectivity index (χ2n) is 5.43. The molecule has 3 heteroatoms. The van der Waals surface area contributed by atoms with Gasteiger partial charge >= 0.3 is 0 Å². The van der Waals surface area contributed by atoms with E-state index in [1.807, 2.05) is 0 Å². The number of rotatable bonds is 0. The van der Waals surface area contributed by atoms with Crippen molar-refractivity contribution >= 4 is 0 Å². The predicted octanol–water partition coefficient (Wildman–Crippen LogP) is 1.14. The van der Waals surface area contributed by atoms with Crippen molar-refractivity contribution in [3.8, 4) is 0 Å². The van der Waals surface area contributed by atoms with Gasteiger partial charge in [-0.05, 0) is 24.2 Å². The molecule has 2 atom stereocenters. The number of fused-ring (bicyclic) bond motifs is 1. The third-order valence-electron chi connectivity index (χ3n) is 3.50. The van der Waals surface area contributed by atoms with Gasteiger partial charge in [-0.3, -0.25) is 0 Å². The van der Waals surface area contributed by atoms with Crippen molar-refractivity contribution in [3.63, 3.8) is 0 Å². The lowest BCUT2D eigenvalue weighted by molar-refractivity contribution is 0.0607. The fraction of sp³-hybridized carbons (Fsp3) is 1.00. The molecule has 3 nitrogen and oxygen atoms in total. The lowest BCUT2D eigenvalue weighted by Crippen LogP contribution is -2.47. The summed E-state index contributed by atoms with van der Waals surface area (Å²) in [5.74, 6) is 0.885. The fourth-order valence-electron chi connectivity index (χ4n) is 2.44. The van der Waals surface area contributed by atoms with Crippen LogP contribution in [0.5, 0.6) is 0 Å². The molecule has 0 spiro atoms. The number of hydrogen-bond donors (Lipinski definition) is 2. The van der Waals surface area contributed by atoms with Crippen molar-refractivity contribution in [1.82, 2.24) is 16.0 Å². The molecule has 0 radical (unpaired) electrons. The average molecular weight is 183 g/mol. The Bertz CT molecular complexity index is 185. The fourth-order valence-corrected chi connectivity index (χ4v) is 2.44. The highest BCUT2D eigenvalue weighted by atomic mass is 15.7. The zero-order chi connectivity index (χ0) is 9.47. The molecule has 2 fully saturated rings. The Morgan fingerprint density at radius 3 is 2.77 bits per heavy atom. The van der Waals surface area contributed by atoms with E-state index in [-0.39, 0.29) is 0 Å². The van der Waals surface area contributed by atoms with Crippen molar-refractivity contribution in [2.24, 2.45) is 11.3 Å². The van der Waals surface area contributed by atoms with Gasteiger partial charge in [0.2, 0.25) is 0 Å². The molecule has 0 amide bonds. The van der Waals surface area contributed by atoms with Crippen molar-refractivity contribution in [2.45, 2.75) is 39.7 Å². The maximum Gasteiger partial charge on any atom is 0.0398 e. The summed E-state index contributed by atoms with van der Waals surface area (Å²) in [6.07, 6.45) is 2.66. The third kappa shape index (κ3) is 1.87. The Balaban J connectivity index is 1.97. The minimum atomic E-state index is 0.481. The van der Waals surface area contributed by atoms with Gasteiger partial charge in [0, 0.05) is 19.1 Å². The molecule has 2 unspecified atom stereocenters. The molecule has 0 bridgehead atoms. The molecule has 2 N–H and O–H groups in total. The molecule has 0 aliphatic carbocycles. The van der Waals surface area contributed by atoms with Crippen LogP contribution in [0.4, 0.5) is 0 Å². The van der Waals surface area contributed by atoms with Crippen molar-refractivity contribution in [2.75, 3.05) is 13.1 Å². The normalized spacial score (nSPS) is 36.2. The van der Waals surface area contributed by atoms with Crippen LogP contribution in [0.2, 0.25) is 0 Å². The molecular formula is C10H21N3. The Hall–Kier alpha value is -0.120. The van der Waals surface area contributed by atoms with Crippen LogP contribution in [0.1, 0.15) is 33.6 Å². The summed E-state index contributed by atoms with van der Waals surface area (Å²) >= 11 is 0. The summed E-state index contributed by atoms with van der Waals surface area (Å²) < 4.78 is 0. The van der Waals surface area contributed by atoms with Gasteiger partial charge in [0.25, 0.3) is 0 Å². The van der Waals surface area contributed by atoms with Gasteiger partial charge in [0.15, 0.2) is 0 Å². The van der Waals surface area contributed by atoms with Crippen LogP contribution in [0, 0.1) is 11.3 Å². The van der Waals surface area contributed by atoms with E-state index in [2.05, 4.69) is 36.7 Å². The summed E-state index contributed by atoms with van der Waals surface area (Å²) in [5.41, 5.74) is 6.91. The summed E-state index contributed by atoms with van der Waals surface area (Å²) in [6, 6.07) is 0.720. The number of nitrogens with zero attached hydrogens (tertiary/aromatic N) is 1. The first kappa shape index (κ1) is 9.44. The summed E-state index contributed by atoms with van der Waals surface area (Å²) in [7, 11) is 0. The van der Waals surface area contributed by atoms with Crippen LogP contribution in [-0.4, -0.2) is 24.1 Å². The highest BCUT2D eigenvalue weighted by molar-refractivity contribution is 4.88. The van der Waals surface area contributed by atoms with E-state index >= 15 is 0 Å². The molecule has 0 saturated carbocycles. The molecule has 2 rings (SSSR count). The van der Waals surface area contributed by atoms with Crippen LogP contribution in [-0.2, 0) is 0 Å². The largest absolute Gasteiger partial charge is 0.242 e. The van der Waals surface area contributed by atoms with Crippen molar-refractivity contribution in [3.05, 3.63) is 0 Å². The van der Waals surface area contributed by atoms with E-state index in [1.165, 1.54) is 19.4 Å². The van der Waals surface area contributed by atoms with Crippen molar-refractivity contribution < 1.29 is 0 Å². The van der Waals surface area contributed by atoms with E-state index in [0.29, 0.717) is 5.41 Å². The lowest BCUT2D eigenvalue weighted by atomic mass is 9.73. The van der Waals surface area contributed by atoms with Crippen LogP contribution in [0.3, 0.4) is 0 Å². The first-order valence-corrected chi connectivity index (χ1v) is 5.32. The Morgan fingerprint density at radius 2 is 2.08 bits per heavy atom. The van der Waals surface area contributed by atoms with E-state index < -0.39 is 0 Å². The minimum Gasteiger partial charge on any atom is -0.242 e. The molecule has 0 aromatic carbocycles. The number of piperidine rings is 1. The molecular weight excluding hydrogens is 162 g/mol. The second-order valence-corrected chi connectivity index (χ2v) is 5.43. The van der Waals surface area contributed by atoms with Gasteiger partial charge < -0.3 is 0 Å². The lowest BCUT2D eigenvalue weighted by Gasteiger charge is -2.40. The van der Waals surface area contributed by atoms with Crippen LogP contribution in [0.15, 0.2) is 0 Å². The minimum absolute atomic E-state index is 0.481.